The van der Waals surface area contributed by atoms with Crippen molar-refractivity contribution < 1.29 is 8.42 Å². The van der Waals surface area contributed by atoms with Gasteiger partial charge in [0.25, 0.3) is 0 Å². The molecule has 0 radical (unpaired) electrons. The van der Waals surface area contributed by atoms with Crippen LogP contribution in [-0.4, -0.2) is 32.9 Å². The highest BCUT2D eigenvalue weighted by Gasteiger charge is 2.32. The summed E-state index contributed by atoms with van der Waals surface area (Å²) in [7, 11) is -1.49. The minimum absolute atomic E-state index is 0.468. The van der Waals surface area contributed by atoms with E-state index in [1.165, 1.54) is 0 Å². The molecule has 4 nitrogen and oxygen atoms in total. The predicted molar refractivity (Wildman–Crippen MR) is 85.8 cm³/mol. The maximum atomic E-state index is 12.9. The zero-order valence-corrected chi connectivity index (χ0v) is 14.3. The van der Waals surface area contributed by atoms with Gasteiger partial charge in [0.2, 0.25) is 10.0 Å². The molecule has 1 unspecified atom stereocenters. The first kappa shape index (κ1) is 16.5. The smallest absolute Gasteiger partial charge is 0.243 e. The minimum Gasteiger partial charge on any atom is -0.316 e. The first-order valence-corrected chi connectivity index (χ1v) is 9.09. The molecule has 1 aliphatic heterocycles. The maximum absolute atomic E-state index is 12.9. The van der Waals surface area contributed by atoms with Crippen molar-refractivity contribution in [1.29, 1.82) is 0 Å². The highest BCUT2D eigenvalue weighted by atomic mass is 32.2. The molecule has 5 heteroatoms. The summed E-state index contributed by atoms with van der Waals surface area (Å²) in [5.74, 6) is 0.502. The summed E-state index contributed by atoms with van der Waals surface area (Å²) in [6.07, 6.45) is 2.02. The van der Waals surface area contributed by atoms with Crippen molar-refractivity contribution in [3.05, 3.63) is 28.8 Å². The van der Waals surface area contributed by atoms with Crippen LogP contribution in [0.15, 0.2) is 17.0 Å². The summed E-state index contributed by atoms with van der Waals surface area (Å²) < 4.78 is 27.4. The molecule has 0 aliphatic carbocycles. The standard InChI is InChI=1S/C16H26N2O2S/c1-5-14-6-7-18(11-14)21(19,20)16-9-15(10-17-4)12(2)8-13(16)3/h8-9,14,17H,5-7,10-11H2,1-4H3. The van der Waals surface area contributed by atoms with Crippen LogP contribution in [0.5, 0.6) is 0 Å². The van der Waals surface area contributed by atoms with Crippen molar-refractivity contribution in [1.82, 2.24) is 9.62 Å². The zero-order valence-electron chi connectivity index (χ0n) is 13.4. The Morgan fingerprint density at radius 3 is 2.57 bits per heavy atom. The van der Waals surface area contributed by atoms with Crippen molar-refractivity contribution in [3.8, 4) is 0 Å². The van der Waals surface area contributed by atoms with Crippen molar-refractivity contribution in [2.75, 3.05) is 20.1 Å². The quantitative estimate of drug-likeness (QED) is 0.909. The van der Waals surface area contributed by atoms with Gasteiger partial charge in [0.1, 0.15) is 0 Å². The van der Waals surface area contributed by atoms with Crippen molar-refractivity contribution in [2.24, 2.45) is 5.92 Å². The lowest BCUT2D eigenvalue weighted by Gasteiger charge is -2.19. The summed E-state index contributed by atoms with van der Waals surface area (Å²) >= 11 is 0. The molecule has 1 saturated heterocycles. The monoisotopic (exact) mass is 310 g/mol. The number of nitrogens with one attached hydrogen (secondary N) is 1. The molecule has 0 spiro atoms. The van der Waals surface area contributed by atoms with E-state index in [1.807, 2.05) is 33.0 Å². The summed E-state index contributed by atoms with van der Waals surface area (Å²) in [6.45, 7) is 8.04. The van der Waals surface area contributed by atoms with E-state index in [1.54, 1.807) is 4.31 Å². The third-order valence-electron chi connectivity index (χ3n) is 4.44. The van der Waals surface area contributed by atoms with Crippen LogP contribution in [0.3, 0.4) is 0 Å². The Labute approximate surface area is 128 Å². The van der Waals surface area contributed by atoms with Crippen LogP contribution < -0.4 is 5.32 Å². The lowest BCUT2D eigenvalue weighted by atomic mass is 10.1. The van der Waals surface area contributed by atoms with Crippen LogP contribution in [0.1, 0.15) is 36.5 Å². The topological polar surface area (TPSA) is 49.4 Å². The lowest BCUT2D eigenvalue weighted by molar-refractivity contribution is 0.452. The molecular weight excluding hydrogens is 284 g/mol. The predicted octanol–water partition coefficient (Wildman–Crippen LogP) is 2.44. The highest BCUT2D eigenvalue weighted by molar-refractivity contribution is 7.89. The largest absolute Gasteiger partial charge is 0.316 e. The fraction of sp³-hybridized carbons (Fsp3) is 0.625. The number of benzene rings is 1. The molecule has 2 rings (SSSR count). The van der Waals surface area contributed by atoms with Crippen LogP contribution in [0.2, 0.25) is 0 Å². The maximum Gasteiger partial charge on any atom is 0.243 e. The van der Waals surface area contributed by atoms with E-state index in [9.17, 15) is 8.42 Å². The number of sulfonamides is 1. The molecule has 1 fully saturated rings. The van der Waals surface area contributed by atoms with E-state index in [4.69, 9.17) is 0 Å². The Kier molecular flexibility index (Phi) is 5.07. The number of aryl methyl sites for hydroxylation is 2. The second-order valence-corrected chi connectivity index (χ2v) is 7.91. The average Bonchev–Trinajstić information content (AvgIpc) is 2.91. The number of hydrogen-bond donors (Lipinski definition) is 1. The molecule has 118 valence electrons. The molecule has 21 heavy (non-hydrogen) atoms. The van der Waals surface area contributed by atoms with Crippen molar-refractivity contribution in [3.63, 3.8) is 0 Å². The van der Waals surface area contributed by atoms with Gasteiger partial charge in [0.15, 0.2) is 0 Å². The SMILES string of the molecule is CCC1CCN(S(=O)(=O)c2cc(CNC)c(C)cc2C)C1. The van der Waals surface area contributed by atoms with Gasteiger partial charge in [0, 0.05) is 19.6 Å². The van der Waals surface area contributed by atoms with Crippen LogP contribution in [0.4, 0.5) is 0 Å². The summed E-state index contributed by atoms with van der Waals surface area (Å²) in [5.41, 5.74) is 3.02. The Morgan fingerprint density at radius 2 is 2.00 bits per heavy atom. The minimum atomic E-state index is -3.36. The second kappa shape index (κ2) is 6.46. The third kappa shape index (κ3) is 3.30. The van der Waals surface area contributed by atoms with Gasteiger partial charge in [-0.3, -0.25) is 0 Å². The van der Waals surface area contributed by atoms with Crippen LogP contribution in [0.25, 0.3) is 0 Å². The molecule has 1 heterocycles. The first-order chi connectivity index (χ1) is 9.90. The van der Waals surface area contributed by atoms with Gasteiger partial charge in [-0.2, -0.15) is 4.31 Å². The van der Waals surface area contributed by atoms with Gasteiger partial charge in [-0.25, -0.2) is 8.42 Å². The van der Waals surface area contributed by atoms with Crippen LogP contribution >= 0.6 is 0 Å². The van der Waals surface area contributed by atoms with E-state index in [0.717, 1.165) is 29.5 Å². The van der Waals surface area contributed by atoms with Crippen LogP contribution in [0, 0.1) is 19.8 Å². The molecule has 0 amide bonds. The summed E-state index contributed by atoms with van der Waals surface area (Å²) in [4.78, 5) is 0.468. The van der Waals surface area contributed by atoms with E-state index in [0.29, 0.717) is 30.4 Å². The highest BCUT2D eigenvalue weighted by Crippen LogP contribution is 2.29. The molecule has 0 bridgehead atoms. The van der Waals surface area contributed by atoms with E-state index < -0.39 is 10.0 Å². The summed E-state index contributed by atoms with van der Waals surface area (Å²) in [6, 6.07) is 3.82. The molecule has 1 aliphatic rings. The van der Waals surface area contributed by atoms with E-state index in [2.05, 4.69) is 12.2 Å². The molecule has 1 N–H and O–H groups in total. The number of hydrogen-bond acceptors (Lipinski definition) is 3. The van der Waals surface area contributed by atoms with E-state index >= 15 is 0 Å². The number of rotatable bonds is 5. The van der Waals surface area contributed by atoms with Gasteiger partial charge in [0.05, 0.1) is 4.90 Å². The average molecular weight is 310 g/mol. The Balaban J connectivity index is 2.38. The van der Waals surface area contributed by atoms with Crippen LogP contribution in [-0.2, 0) is 16.6 Å². The fourth-order valence-electron chi connectivity index (χ4n) is 3.02. The van der Waals surface area contributed by atoms with Gasteiger partial charge < -0.3 is 5.32 Å². The molecule has 0 aromatic heterocycles. The number of nitrogens with zero attached hydrogens (tertiary/aromatic N) is 1. The Bertz CT molecular complexity index is 611. The Morgan fingerprint density at radius 1 is 1.29 bits per heavy atom. The van der Waals surface area contributed by atoms with Gasteiger partial charge >= 0.3 is 0 Å². The third-order valence-corrected chi connectivity index (χ3v) is 6.45. The van der Waals surface area contributed by atoms with Gasteiger partial charge in [-0.15, -0.1) is 0 Å². The molecule has 1 atom stereocenters. The van der Waals surface area contributed by atoms with Gasteiger partial charge in [-0.1, -0.05) is 19.4 Å². The lowest BCUT2D eigenvalue weighted by Crippen LogP contribution is -2.29. The molecule has 1 aromatic carbocycles. The second-order valence-electron chi connectivity index (χ2n) is 6.00. The molecule has 0 saturated carbocycles. The van der Waals surface area contributed by atoms with Gasteiger partial charge in [-0.05, 0) is 56.0 Å². The fourth-order valence-corrected chi connectivity index (χ4v) is 4.81. The summed E-state index contributed by atoms with van der Waals surface area (Å²) in [5, 5.41) is 3.10. The Hall–Kier alpha value is -0.910. The zero-order chi connectivity index (χ0) is 15.6. The molecular formula is C16H26N2O2S. The normalized spacial score (nSPS) is 20.1. The van der Waals surface area contributed by atoms with Crippen molar-refractivity contribution in [2.45, 2.75) is 45.1 Å². The van der Waals surface area contributed by atoms with E-state index in [-0.39, 0.29) is 0 Å². The molecule has 1 aromatic rings. The van der Waals surface area contributed by atoms with Crippen molar-refractivity contribution >= 4 is 10.0 Å². The first-order valence-electron chi connectivity index (χ1n) is 7.65.